The molecule has 0 bridgehead atoms. The van der Waals surface area contributed by atoms with Gasteiger partial charge in [-0.05, 0) is 24.3 Å². The molecule has 2 N–H and O–H groups in total. The fourth-order valence-corrected chi connectivity index (χ4v) is 1.82. The third-order valence-corrected chi connectivity index (χ3v) is 3.05. The van der Waals surface area contributed by atoms with Crippen LogP contribution in [0.5, 0.6) is 0 Å². The van der Waals surface area contributed by atoms with E-state index in [0.717, 1.165) is 6.07 Å². The average Bonchev–Trinajstić information content (AvgIpc) is 2.58. The van der Waals surface area contributed by atoms with Gasteiger partial charge in [-0.15, -0.1) is 0 Å². The first-order chi connectivity index (χ1) is 11.5. The van der Waals surface area contributed by atoms with Crippen molar-refractivity contribution in [3.05, 3.63) is 64.7 Å². The van der Waals surface area contributed by atoms with Crippen molar-refractivity contribution in [2.45, 2.75) is 0 Å². The van der Waals surface area contributed by atoms with E-state index in [1.807, 2.05) is 10.9 Å². The zero-order valence-corrected chi connectivity index (χ0v) is 12.8. The maximum Gasteiger partial charge on any atom is 0.341 e. The van der Waals surface area contributed by atoms with Crippen molar-refractivity contribution in [2.75, 3.05) is 6.61 Å². The molecule has 2 amide bonds. The number of benzene rings is 1. The number of esters is 1. The smallest absolute Gasteiger partial charge is 0.341 e. The van der Waals surface area contributed by atoms with Gasteiger partial charge in [0.15, 0.2) is 6.61 Å². The lowest BCUT2D eigenvalue weighted by Gasteiger charge is -2.08. The standard InChI is InChI=1S/C15H11ClFN3O4/c16-13-10(5-3-7-18-13)15(23)24-8-12(21)19-20-14(22)9-4-1-2-6-11(9)17/h1-7H,8H2,(H,19,21)(H,20,22). The van der Waals surface area contributed by atoms with Crippen LogP contribution in [0.2, 0.25) is 5.15 Å². The van der Waals surface area contributed by atoms with Crippen LogP contribution in [0.25, 0.3) is 0 Å². The van der Waals surface area contributed by atoms with E-state index < -0.39 is 30.2 Å². The van der Waals surface area contributed by atoms with E-state index >= 15 is 0 Å². The van der Waals surface area contributed by atoms with Crippen molar-refractivity contribution in [3.8, 4) is 0 Å². The third-order valence-electron chi connectivity index (χ3n) is 2.75. The maximum atomic E-state index is 13.4. The van der Waals surface area contributed by atoms with Crippen molar-refractivity contribution >= 4 is 29.4 Å². The molecule has 124 valence electrons. The van der Waals surface area contributed by atoms with Crippen molar-refractivity contribution in [1.82, 2.24) is 15.8 Å². The Labute approximate surface area is 140 Å². The molecular formula is C15H11ClFN3O4. The van der Waals surface area contributed by atoms with Gasteiger partial charge in [-0.1, -0.05) is 23.7 Å². The number of carbonyl (C=O) groups is 3. The lowest BCUT2D eigenvalue weighted by molar-refractivity contribution is -0.125. The molecule has 0 saturated heterocycles. The van der Waals surface area contributed by atoms with Crippen molar-refractivity contribution in [2.24, 2.45) is 0 Å². The Bertz CT molecular complexity index is 721. The highest BCUT2D eigenvalue weighted by atomic mass is 35.5. The summed E-state index contributed by atoms with van der Waals surface area (Å²) in [6.45, 7) is -0.665. The van der Waals surface area contributed by atoms with Gasteiger partial charge >= 0.3 is 5.97 Å². The number of pyridine rings is 1. The number of carbonyl (C=O) groups excluding carboxylic acids is 3. The minimum atomic E-state index is -0.844. The summed E-state index contributed by atoms with van der Waals surface area (Å²) >= 11 is 5.71. The van der Waals surface area contributed by atoms with Crippen LogP contribution in [0.1, 0.15) is 20.7 Å². The summed E-state index contributed by atoms with van der Waals surface area (Å²) in [4.78, 5) is 38.6. The Morgan fingerprint density at radius 3 is 2.50 bits per heavy atom. The molecule has 0 spiro atoms. The molecule has 9 heteroatoms. The van der Waals surface area contributed by atoms with E-state index in [1.165, 1.54) is 36.5 Å². The first kappa shape index (κ1) is 17.4. The lowest BCUT2D eigenvalue weighted by Crippen LogP contribution is -2.43. The summed E-state index contributed by atoms with van der Waals surface area (Å²) < 4.78 is 18.1. The van der Waals surface area contributed by atoms with E-state index in [1.54, 1.807) is 0 Å². The summed E-state index contributed by atoms with van der Waals surface area (Å²) in [5, 5.41) is -0.0595. The summed E-state index contributed by atoms with van der Waals surface area (Å²) in [5.41, 5.74) is 3.77. The largest absolute Gasteiger partial charge is 0.452 e. The van der Waals surface area contributed by atoms with Gasteiger partial charge in [0, 0.05) is 6.20 Å². The predicted octanol–water partition coefficient (Wildman–Crippen LogP) is 1.49. The molecular weight excluding hydrogens is 341 g/mol. The topological polar surface area (TPSA) is 97.4 Å². The Kier molecular flexibility index (Phi) is 5.80. The van der Waals surface area contributed by atoms with Gasteiger partial charge in [0.25, 0.3) is 11.8 Å². The van der Waals surface area contributed by atoms with E-state index in [9.17, 15) is 18.8 Å². The maximum absolute atomic E-state index is 13.4. The van der Waals surface area contributed by atoms with Crippen molar-refractivity contribution < 1.29 is 23.5 Å². The van der Waals surface area contributed by atoms with Crippen LogP contribution in [0.3, 0.4) is 0 Å². The molecule has 0 aliphatic heterocycles. The summed E-state index contributed by atoms with van der Waals surface area (Å²) in [6, 6.07) is 8.12. The molecule has 0 atom stereocenters. The molecule has 2 rings (SSSR count). The number of rotatable bonds is 4. The van der Waals surface area contributed by atoms with Gasteiger partial charge in [0.05, 0.1) is 11.1 Å². The summed E-state index contributed by atoms with van der Waals surface area (Å²) in [5.74, 6) is -3.23. The molecule has 0 unspecified atom stereocenters. The summed E-state index contributed by atoms with van der Waals surface area (Å²) in [6.07, 6.45) is 1.39. The quantitative estimate of drug-likeness (QED) is 0.494. The molecule has 0 aliphatic rings. The highest BCUT2D eigenvalue weighted by molar-refractivity contribution is 6.32. The fraction of sp³-hybridized carbons (Fsp3) is 0.0667. The van der Waals surface area contributed by atoms with Crippen molar-refractivity contribution in [3.63, 3.8) is 0 Å². The summed E-state index contributed by atoms with van der Waals surface area (Å²) in [7, 11) is 0. The van der Waals surface area contributed by atoms with Crippen molar-refractivity contribution in [1.29, 1.82) is 0 Å². The second-order valence-corrected chi connectivity index (χ2v) is 4.76. The molecule has 0 aliphatic carbocycles. The Morgan fingerprint density at radius 1 is 1.08 bits per heavy atom. The fourth-order valence-electron chi connectivity index (χ4n) is 1.62. The normalized spacial score (nSPS) is 9.92. The highest BCUT2D eigenvalue weighted by Crippen LogP contribution is 2.12. The van der Waals surface area contributed by atoms with Crippen LogP contribution in [-0.4, -0.2) is 29.4 Å². The lowest BCUT2D eigenvalue weighted by atomic mass is 10.2. The number of nitrogens with zero attached hydrogens (tertiary/aromatic N) is 1. The number of halogens is 2. The van der Waals surface area contributed by atoms with E-state index in [4.69, 9.17) is 16.3 Å². The number of ether oxygens (including phenoxy) is 1. The molecule has 0 radical (unpaired) electrons. The van der Waals surface area contributed by atoms with Crippen LogP contribution in [0.4, 0.5) is 4.39 Å². The number of aromatic nitrogens is 1. The number of nitrogens with one attached hydrogen (secondary N) is 2. The van der Waals surface area contributed by atoms with E-state index in [0.29, 0.717) is 0 Å². The zero-order valence-electron chi connectivity index (χ0n) is 12.1. The van der Waals surface area contributed by atoms with Gasteiger partial charge in [-0.3, -0.25) is 20.4 Å². The van der Waals surface area contributed by atoms with Crippen LogP contribution < -0.4 is 10.9 Å². The molecule has 7 nitrogen and oxygen atoms in total. The Morgan fingerprint density at radius 2 is 1.79 bits per heavy atom. The molecule has 1 aromatic heterocycles. The van der Waals surface area contributed by atoms with E-state index in [2.05, 4.69) is 4.98 Å². The van der Waals surface area contributed by atoms with Gasteiger partial charge in [0.2, 0.25) is 0 Å². The van der Waals surface area contributed by atoms with E-state index in [-0.39, 0.29) is 16.3 Å². The van der Waals surface area contributed by atoms with Crippen LogP contribution in [0, 0.1) is 5.82 Å². The average molecular weight is 352 g/mol. The number of hydrogen-bond acceptors (Lipinski definition) is 5. The monoisotopic (exact) mass is 351 g/mol. The molecule has 1 aromatic carbocycles. The molecule has 0 saturated carbocycles. The molecule has 0 fully saturated rings. The van der Waals surface area contributed by atoms with Crippen LogP contribution in [-0.2, 0) is 9.53 Å². The Balaban J connectivity index is 1.82. The predicted molar refractivity (Wildman–Crippen MR) is 81.5 cm³/mol. The van der Waals surface area contributed by atoms with Crippen LogP contribution in [0.15, 0.2) is 42.6 Å². The van der Waals surface area contributed by atoms with Gasteiger partial charge in [-0.2, -0.15) is 0 Å². The van der Waals surface area contributed by atoms with Gasteiger partial charge < -0.3 is 4.74 Å². The minimum absolute atomic E-state index is 0.00218. The number of hydrazine groups is 1. The number of hydrogen-bond donors (Lipinski definition) is 2. The molecule has 24 heavy (non-hydrogen) atoms. The van der Waals surface area contributed by atoms with Crippen LogP contribution >= 0.6 is 11.6 Å². The first-order valence-electron chi connectivity index (χ1n) is 6.60. The SMILES string of the molecule is O=C(COC(=O)c1cccnc1Cl)NNC(=O)c1ccccc1F. The number of amides is 2. The minimum Gasteiger partial charge on any atom is -0.452 e. The first-order valence-corrected chi connectivity index (χ1v) is 6.98. The third kappa shape index (κ3) is 4.50. The van der Waals surface area contributed by atoms with Gasteiger partial charge in [0.1, 0.15) is 11.0 Å². The molecule has 1 heterocycles. The second kappa shape index (κ2) is 8.02. The van der Waals surface area contributed by atoms with Gasteiger partial charge in [-0.25, -0.2) is 14.2 Å². The zero-order chi connectivity index (χ0) is 17.5. The Hall–Kier alpha value is -3.00. The molecule has 2 aromatic rings. The second-order valence-electron chi connectivity index (χ2n) is 4.40. The highest BCUT2D eigenvalue weighted by Gasteiger charge is 2.15.